The number of anilines is 1. The van der Waals surface area contributed by atoms with Crippen molar-refractivity contribution < 1.29 is 14.3 Å². The van der Waals surface area contributed by atoms with Gasteiger partial charge in [-0.1, -0.05) is 25.1 Å². The van der Waals surface area contributed by atoms with Crippen molar-refractivity contribution in [3.63, 3.8) is 0 Å². The molecule has 2 aliphatic rings. The molecule has 2 aliphatic heterocycles. The fourth-order valence-electron chi connectivity index (χ4n) is 3.96. The van der Waals surface area contributed by atoms with Crippen LogP contribution in [0.15, 0.2) is 36.4 Å². The number of thiocarbonyl (C=S) groups is 1. The number of fused-ring (bicyclic) bond motifs is 2. The van der Waals surface area contributed by atoms with E-state index in [2.05, 4.69) is 6.92 Å². The highest BCUT2D eigenvalue weighted by Gasteiger charge is 2.46. The van der Waals surface area contributed by atoms with E-state index in [1.54, 1.807) is 19.1 Å². The zero-order valence-corrected chi connectivity index (χ0v) is 16.5. The van der Waals surface area contributed by atoms with Gasteiger partial charge < -0.3 is 14.4 Å². The molecule has 6 heteroatoms. The van der Waals surface area contributed by atoms with Crippen molar-refractivity contribution in [2.24, 2.45) is 0 Å². The fraction of sp³-hybridized carbons (Fsp3) is 0.333. The molecular weight excluding hydrogens is 360 g/mol. The highest BCUT2D eigenvalue weighted by molar-refractivity contribution is 7.80. The summed E-state index contributed by atoms with van der Waals surface area (Å²) < 4.78 is 10.9. The average Bonchev–Trinajstić information content (AvgIpc) is 2.94. The predicted octanol–water partition coefficient (Wildman–Crippen LogP) is 3.32. The van der Waals surface area contributed by atoms with Crippen LogP contribution in [-0.4, -0.2) is 36.2 Å². The summed E-state index contributed by atoms with van der Waals surface area (Å²) in [5, 5.41) is 0.575. The van der Waals surface area contributed by atoms with E-state index < -0.39 is 0 Å². The van der Waals surface area contributed by atoms with Crippen LogP contribution in [0.3, 0.4) is 0 Å². The van der Waals surface area contributed by atoms with E-state index in [0.717, 1.165) is 28.8 Å². The maximum absolute atomic E-state index is 13.2. The van der Waals surface area contributed by atoms with Crippen molar-refractivity contribution >= 4 is 28.9 Å². The van der Waals surface area contributed by atoms with E-state index in [0.29, 0.717) is 29.6 Å². The maximum atomic E-state index is 13.2. The van der Waals surface area contributed by atoms with Crippen LogP contribution in [0.25, 0.3) is 0 Å². The van der Waals surface area contributed by atoms with Crippen LogP contribution in [0, 0.1) is 0 Å². The molecule has 1 fully saturated rings. The Labute approximate surface area is 164 Å². The second-order valence-electron chi connectivity index (χ2n) is 6.76. The van der Waals surface area contributed by atoms with Crippen LogP contribution in [0.2, 0.25) is 0 Å². The van der Waals surface area contributed by atoms with E-state index >= 15 is 0 Å². The van der Waals surface area contributed by atoms with E-state index in [4.69, 9.17) is 21.7 Å². The Morgan fingerprint density at radius 2 is 1.78 bits per heavy atom. The van der Waals surface area contributed by atoms with Crippen LogP contribution in [0.1, 0.15) is 23.6 Å². The van der Waals surface area contributed by atoms with Crippen LogP contribution in [0.4, 0.5) is 5.69 Å². The number of methoxy groups -OCH3 is 2. The minimum atomic E-state index is -0.270. The van der Waals surface area contributed by atoms with E-state index in [1.165, 1.54) is 0 Å². The zero-order chi connectivity index (χ0) is 19.1. The Morgan fingerprint density at radius 1 is 1.11 bits per heavy atom. The molecule has 0 aromatic heterocycles. The van der Waals surface area contributed by atoms with Gasteiger partial charge in [-0.15, -0.1) is 0 Å². The lowest BCUT2D eigenvalue weighted by atomic mass is 9.94. The van der Waals surface area contributed by atoms with E-state index in [-0.39, 0.29) is 11.9 Å². The molecule has 0 radical (unpaired) electrons. The van der Waals surface area contributed by atoms with E-state index in [9.17, 15) is 4.79 Å². The van der Waals surface area contributed by atoms with Gasteiger partial charge in [0, 0.05) is 13.0 Å². The number of hydrogen-bond acceptors (Lipinski definition) is 4. The minimum Gasteiger partial charge on any atom is -0.493 e. The molecule has 0 bridgehead atoms. The van der Waals surface area contributed by atoms with Gasteiger partial charge in [0.15, 0.2) is 16.6 Å². The molecule has 1 amide bonds. The molecule has 1 atom stereocenters. The molecule has 2 aromatic rings. The highest BCUT2D eigenvalue weighted by Crippen LogP contribution is 2.38. The van der Waals surface area contributed by atoms with Gasteiger partial charge in [0.1, 0.15) is 6.04 Å². The van der Waals surface area contributed by atoms with Crippen LogP contribution in [0.5, 0.6) is 11.5 Å². The van der Waals surface area contributed by atoms with Crippen molar-refractivity contribution in [3.05, 3.63) is 53.1 Å². The smallest absolute Gasteiger partial charge is 0.256 e. The molecular formula is C21H22N2O3S. The van der Waals surface area contributed by atoms with Gasteiger partial charge in [-0.3, -0.25) is 9.69 Å². The fourth-order valence-corrected chi connectivity index (χ4v) is 4.34. The first-order valence-electron chi connectivity index (χ1n) is 9.05. The third-order valence-corrected chi connectivity index (χ3v) is 5.81. The second-order valence-corrected chi connectivity index (χ2v) is 7.13. The van der Waals surface area contributed by atoms with Crippen LogP contribution in [-0.2, 0) is 24.2 Å². The Bertz CT molecular complexity index is 877. The van der Waals surface area contributed by atoms with Gasteiger partial charge in [-0.25, -0.2) is 0 Å². The number of benzene rings is 2. The first-order chi connectivity index (χ1) is 13.1. The summed E-state index contributed by atoms with van der Waals surface area (Å²) in [5.41, 5.74) is 4.23. The maximum Gasteiger partial charge on any atom is 0.256 e. The van der Waals surface area contributed by atoms with Crippen LogP contribution < -0.4 is 14.4 Å². The molecule has 1 saturated heterocycles. The lowest BCUT2D eigenvalue weighted by Gasteiger charge is -2.31. The monoisotopic (exact) mass is 382 g/mol. The van der Waals surface area contributed by atoms with Crippen LogP contribution >= 0.6 is 12.2 Å². The third kappa shape index (κ3) is 2.75. The molecule has 4 rings (SSSR count). The number of para-hydroxylation sites is 1. The number of carbonyl (C=O) groups excluding carboxylic acids is 1. The van der Waals surface area contributed by atoms with Gasteiger partial charge >= 0.3 is 0 Å². The number of aryl methyl sites for hydroxylation is 1. The van der Waals surface area contributed by atoms with Gasteiger partial charge in [0.25, 0.3) is 5.91 Å². The Morgan fingerprint density at radius 3 is 2.44 bits per heavy atom. The summed E-state index contributed by atoms with van der Waals surface area (Å²) in [6, 6.07) is 11.7. The topological polar surface area (TPSA) is 42.0 Å². The molecule has 1 unspecified atom stereocenters. The summed E-state index contributed by atoms with van der Waals surface area (Å²) in [7, 11) is 3.25. The first-order valence-corrected chi connectivity index (χ1v) is 9.46. The SMILES string of the molecule is CCc1ccccc1N1C(=O)C2Cc3cc(OC)c(OC)cc3CN2C1=S. The van der Waals surface area contributed by atoms with Crippen molar-refractivity contribution in [1.29, 1.82) is 0 Å². The highest BCUT2D eigenvalue weighted by atomic mass is 32.1. The Hall–Kier alpha value is -2.60. The molecule has 0 saturated carbocycles. The number of hydrogen-bond donors (Lipinski definition) is 0. The Balaban J connectivity index is 1.72. The lowest BCUT2D eigenvalue weighted by Crippen LogP contribution is -2.40. The molecule has 0 aliphatic carbocycles. The second kappa shape index (κ2) is 6.85. The normalized spacial score (nSPS) is 18.4. The summed E-state index contributed by atoms with van der Waals surface area (Å²) in [6.07, 6.45) is 1.46. The summed E-state index contributed by atoms with van der Waals surface area (Å²) in [6.45, 7) is 2.68. The molecule has 5 nitrogen and oxygen atoms in total. The van der Waals surface area contributed by atoms with Gasteiger partial charge in [0.05, 0.1) is 19.9 Å². The molecule has 140 valence electrons. The quantitative estimate of drug-likeness (QED) is 0.759. The number of rotatable bonds is 4. The van der Waals surface area contributed by atoms with E-state index in [1.807, 2.05) is 41.3 Å². The number of carbonyl (C=O) groups is 1. The molecule has 0 N–H and O–H groups in total. The largest absolute Gasteiger partial charge is 0.493 e. The first kappa shape index (κ1) is 17.8. The summed E-state index contributed by atoms with van der Waals surface area (Å²) in [4.78, 5) is 17.0. The van der Waals surface area contributed by atoms with Crippen molar-refractivity contribution in [2.75, 3.05) is 19.1 Å². The molecule has 0 spiro atoms. The molecule has 27 heavy (non-hydrogen) atoms. The number of ether oxygens (including phenoxy) is 2. The molecule has 2 heterocycles. The minimum absolute atomic E-state index is 0.0429. The standard InChI is InChI=1S/C21H22N2O3S/c1-4-13-7-5-6-8-16(13)23-20(24)17-9-14-10-18(25-2)19(26-3)11-15(14)12-22(17)21(23)27/h5-8,10-11,17H,4,9,12H2,1-3H3. The van der Waals surface area contributed by atoms with Crippen molar-refractivity contribution in [3.8, 4) is 11.5 Å². The number of nitrogens with zero attached hydrogens (tertiary/aromatic N) is 2. The summed E-state index contributed by atoms with van der Waals surface area (Å²) >= 11 is 5.72. The average molecular weight is 382 g/mol. The van der Waals surface area contributed by atoms with Gasteiger partial charge in [-0.05, 0) is 53.5 Å². The third-order valence-electron chi connectivity index (χ3n) is 5.39. The van der Waals surface area contributed by atoms with Gasteiger partial charge in [0.2, 0.25) is 0 Å². The zero-order valence-electron chi connectivity index (χ0n) is 15.7. The Kier molecular flexibility index (Phi) is 4.52. The predicted molar refractivity (Wildman–Crippen MR) is 108 cm³/mol. The van der Waals surface area contributed by atoms with Crippen molar-refractivity contribution in [2.45, 2.75) is 32.4 Å². The molecule has 2 aromatic carbocycles. The van der Waals surface area contributed by atoms with Crippen molar-refractivity contribution in [1.82, 2.24) is 4.90 Å². The van der Waals surface area contributed by atoms with Gasteiger partial charge in [-0.2, -0.15) is 0 Å². The number of amides is 1. The summed E-state index contributed by atoms with van der Waals surface area (Å²) in [5.74, 6) is 1.42. The lowest BCUT2D eigenvalue weighted by molar-refractivity contribution is -0.120.